The highest BCUT2D eigenvalue weighted by Crippen LogP contribution is 2.32. The number of rotatable bonds is 3. The number of alkyl halides is 3. The van der Waals surface area contributed by atoms with E-state index in [-0.39, 0.29) is 47.4 Å². The molecular formula is C26H28ClF3N4O4. The molecule has 0 spiro atoms. The van der Waals surface area contributed by atoms with Gasteiger partial charge in [-0.05, 0) is 36.8 Å². The Balaban J connectivity index is 1.55. The Bertz CT molecular complexity index is 1220. The van der Waals surface area contributed by atoms with Crippen molar-refractivity contribution in [3.63, 3.8) is 0 Å². The first kappa shape index (κ1) is 27.6. The van der Waals surface area contributed by atoms with Crippen molar-refractivity contribution in [1.82, 2.24) is 14.7 Å². The number of piperazine rings is 1. The third-order valence-corrected chi connectivity index (χ3v) is 6.97. The number of carbonyl (C=O) groups is 3. The van der Waals surface area contributed by atoms with E-state index in [1.54, 1.807) is 31.7 Å². The molecule has 0 aliphatic carbocycles. The van der Waals surface area contributed by atoms with Crippen molar-refractivity contribution >= 4 is 35.1 Å². The van der Waals surface area contributed by atoms with E-state index < -0.39 is 18.7 Å². The van der Waals surface area contributed by atoms with Gasteiger partial charge in [0.05, 0.1) is 10.6 Å². The van der Waals surface area contributed by atoms with Gasteiger partial charge in [-0.25, -0.2) is 4.79 Å². The lowest BCUT2D eigenvalue weighted by Crippen LogP contribution is -2.55. The predicted octanol–water partition coefficient (Wildman–Crippen LogP) is 4.42. The van der Waals surface area contributed by atoms with Crippen LogP contribution in [0.1, 0.15) is 29.8 Å². The number of nitrogens with zero attached hydrogens (tertiary/aromatic N) is 4. The van der Waals surface area contributed by atoms with Crippen LogP contribution in [0.15, 0.2) is 42.5 Å². The van der Waals surface area contributed by atoms with Crippen LogP contribution < -0.4 is 9.64 Å². The molecule has 2 aromatic carbocycles. The molecule has 1 atom stereocenters. The highest BCUT2D eigenvalue weighted by molar-refractivity contribution is 6.34. The molecule has 8 nitrogen and oxygen atoms in total. The molecule has 2 heterocycles. The number of amides is 4. The first-order valence-corrected chi connectivity index (χ1v) is 12.5. The normalized spacial score (nSPS) is 18.1. The largest absolute Gasteiger partial charge is 0.484 e. The highest BCUT2D eigenvalue weighted by Gasteiger charge is 2.35. The average molecular weight is 553 g/mol. The third kappa shape index (κ3) is 6.15. The van der Waals surface area contributed by atoms with Crippen molar-refractivity contribution in [2.45, 2.75) is 32.6 Å². The van der Waals surface area contributed by atoms with Crippen LogP contribution in [-0.4, -0.2) is 84.1 Å². The molecule has 4 rings (SSSR count). The Hall–Kier alpha value is -3.47. The second kappa shape index (κ2) is 11.1. The first-order chi connectivity index (χ1) is 17.9. The zero-order valence-corrected chi connectivity index (χ0v) is 21.8. The summed E-state index contributed by atoms with van der Waals surface area (Å²) in [5.41, 5.74) is 1.49. The quantitative estimate of drug-likeness (QED) is 0.565. The predicted molar refractivity (Wildman–Crippen MR) is 135 cm³/mol. The Labute approximate surface area is 223 Å². The van der Waals surface area contributed by atoms with Gasteiger partial charge in [0.1, 0.15) is 5.75 Å². The molecule has 204 valence electrons. The van der Waals surface area contributed by atoms with Gasteiger partial charge in [-0.1, -0.05) is 29.8 Å². The van der Waals surface area contributed by atoms with Crippen LogP contribution in [0.3, 0.4) is 0 Å². The van der Waals surface area contributed by atoms with Crippen molar-refractivity contribution < 1.29 is 32.3 Å². The van der Waals surface area contributed by atoms with E-state index in [9.17, 15) is 27.6 Å². The molecule has 38 heavy (non-hydrogen) atoms. The van der Waals surface area contributed by atoms with Gasteiger partial charge in [-0.2, -0.15) is 13.2 Å². The average Bonchev–Trinajstić information content (AvgIpc) is 3.03. The summed E-state index contributed by atoms with van der Waals surface area (Å²) >= 11 is 6.30. The standard InChI is InChI=1S/C26H28ClF3N4O4/c1-17-14-34(24(36)21-8-7-20(13-22(21)27)38-16-26(28,29)30)23-6-4-3-5-19(23)15-33(17)25(37)32-11-9-31(10-12-32)18(2)35/h3-8,13,17H,9-12,14-16H2,1-2H3/t17-/m1/s1. The van der Waals surface area contributed by atoms with E-state index in [4.69, 9.17) is 16.3 Å². The molecule has 0 saturated carbocycles. The number of anilines is 1. The molecule has 0 bridgehead atoms. The van der Waals surface area contributed by atoms with Crippen LogP contribution in [-0.2, 0) is 11.3 Å². The smallest absolute Gasteiger partial charge is 0.422 e. The third-order valence-electron chi connectivity index (χ3n) is 6.66. The number of ether oxygens (including phenoxy) is 1. The molecule has 0 N–H and O–H groups in total. The van der Waals surface area contributed by atoms with Crippen LogP contribution in [0, 0.1) is 0 Å². The van der Waals surface area contributed by atoms with Gasteiger partial charge in [0.25, 0.3) is 5.91 Å². The summed E-state index contributed by atoms with van der Waals surface area (Å²) in [4.78, 5) is 45.5. The van der Waals surface area contributed by atoms with Crippen LogP contribution in [0.5, 0.6) is 5.75 Å². The van der Waals surface area contributed by atoms with Gasteiger partial charge < -0.3 is 24.3 Å². The van der Waals surface area contributed by atoms with Gasteiger partial charge in [0, 0.05) is 57.9 Å². The minimum Gasteiger partial charge on any atom is -0.484 e. The number of halogens is 4. The minimum absolute atomic E-state index is 0.0260. The Morgan fingerprint density at radius 1 is 1.03 bits per heavy atom. The molecule has 0 aromatic heterocycles. The van der Waals surface area contributed by atoms with Crippen LogP contribution in [0.4, 0.5) is 23.7 Å². The fourth-order valence-corrected chi connectivity index (χ4v) is 4.87. The number of urea groups is 1. The van der Waals surface area contributed by atoms with E-state index in [1.807, 2.05) is 19.1 Å². The maximum Gasteiger partial charge on any atom is 0.422 e. The van der Waals surface area contributed by atoms with Gasteiger partial charge in [-0.15, -0.1) is 0 Å². The zero-order valence-electron chi connectivity index (χ0n) is 21.0. The summed E-state index contributed by atoms with van der Waals surface area (Å²) in [5, 5.41) is -0.0414. The summed E-state index contributed by atoms with van der Waals surface area (Å²) in [6, 6.07) is 10.5. The number of hydrogen-bond acceptors (Lipinski definition) is 4. The zero-order chi connectivity index (χ0) is 27.6. The van der Waals surface area contributed by atoms with E-state index >= 15 is 0 Å². The number of fused-ring (bicyclic) bond motifs is 1. The number of carbonyl (C=O) groups excluding carboxylic acids is 3. The fraction of sp³-hybridized carbons (Fsp3) is 0.423. The van der Waals surface area contributed by atoms with Gasteiger partial charge in [-0.3, -0.25) is 9.59 Å². The topological polar surface area (TPSA) is 73.4 Å². The van der Waals surface area contributed by atoms with Crippen molar-refractivity contribution in [2.75, 3.05) is 44.2 Å². The van der Waals surface area contributed by atoms with E-state index in [1.165, 1.54) is 25.1 Å². The second-order valence-corrected chi connectivity index (χ2v) is 9.75. The van der Waals surface area contributed by atoms with Crippen LogP contribution in [0.25, 0.3) is 0 Å². The summed E-state index contributed by atoms with van der Waals surface area (Å²) in [7, 11) is 0. The van der Waals surface area contributed by atoms with Crippen molar-refractivity contribution in [2.24, 2.45) is 0 Å². The molecule has 0 radical (unpaired) electrons. The maximum absolute atomic E-state index is 13.7. The number of para-hydroxylation sites is 1. The molecule has 2 aliphatic heterocycles. The lowest BCUT2D eigenvalue weighted by Gasteiger charge is -2.38. The molecule has 1 fully saturated rings. The van der Waals surface area contributed by atoms with Crippen LogP contribution in [0.2, 0.25) is 5.02 Å². The first-order valence-electron chi connectivity index (χ1n) is 12.1. The summed E-state index contributed by atoms with van der Waals surface area (Å²) < 4.78 is 42.2. The Kier molecular flexibility index (Phi) is 8.05. The fourth-order valence-electron chi connectivity index (χ4n) is 4.62. The molecule has 12 heteroatoms. The lowest BCUT2D eigenvalue weighted by atomic mass is 10.1. The maximum atomic E-state index is 13.7. The van der Waals surface area contributed by atoms with Gasteiger partial charge in [0.15, 0.2) is 6.61 Å². The highest BCUT2D eigenvalue weighted by atomic mass is 35.5. The molecule has 1 saturated heterocycles. The van der Waals surface area contributed by atoms with Crippen molar-refractivity contribution in [3.05, 3.63) is 58.6 Å². The van der Waals surface area contributed by atoms with E-state index in [2.05, 4.69) is 0 Å². The Morgan fingerprint density at radius 3 is 2.32 bits per heavy atom. The SMILES string of the molecule is CC(=O)N1CCN(C(=O)N2Cc3ccccc3N(C(=O)c3ccc(OCC(F)(F)F)cc3Cl)C[C@H]2C)CC1. The molecule has 2 aliphatic rings. The molecule has 0 unspecified atom stereocenters. The molecular weight excluding hydrogens is 525 g/mol. The second-order valence-electron chi connectivity index (χ2n) is 9.34. The van der Waals surface area contributed by atoms with Gasteiger partial charge in [0.2, 0.25) is 5.91 Å². The van der Waals surface area contributed by atoms with Crippen molar-refractivity contribution in [1.29, 1.82) is 0 Å². The minimum atomic E-state index is -4.50. The molecule has 4 amide bonds. The summed E-state index contributed by atoms with van der Waals surface area (Å²) in [6.07, 6.45) is -4.50. The lowest BCUT2D eigenvalue weighted by molar-refractivity contribution is -0.153. The summed E-state index contributed by atoms with van der Waals surface area (Å²) in [5.74, 6) is -0.571. The van der Waals surface area contributed by atoms with E-state index in [0.717, 1.165) is 5.56 Å². The van der Waals surface area contributed by atoms with E-state index in [0.29, 0.717) is 31.9 Å². The van der Waals surface area contributed by atoms with Crippen molar-refractivity contribution in [3.8, 4) is 5.75 Å². The summed E-state index contributed by atoms with van der Waals surface area (Å²) in [6.45, 7) is 4.12. The number of hydrogen-bond donors (Lipinski definition) is 0. The molecule has 2 aromatic rings. The Morgan fingerprint density at radius 2 is 1.68 bits per heavy atom. The monoisotopic (exact) mass is 552 g/mol. The van der Waals surface area contributed by atoms with Gasteiger partial charge >= 0.3 is 12.2 Å². The van der Waals surface area contributed by atoms with Crippen LogP contribution >= 0.6 is 11.6 Å². The number of benzene rings is 2.